The van der Waals surface area contributed by atoms with Gasteiger partial charge in [0.25, 0.3) is 5.91 Å². The maximum Gasteiger partial charge on any atom is 0.410 e. The van der Waals surface area contributed by atoms with Crippen molar-refractivity contribution in [3.63, 3.8) is 0 Å². The number of benzene rings is 2. The second-order valence-electron chi connectivity index (χ2n) is 11.1. The molecule has 0 spiro atoms. The minimum Gasteiger partial charge on any atom is -0.497 e. The van der Waals surface area contributed by atoms with Crippen molar-refractivity contribution in [3.05, 3.63) is 63.7 Å². The molecule has 2 aromatic rings. The van der Waals surface area contributed by atoms with Crippen LogP contribution in [0.15, 0.2) is 42.5 Å². The number of methoxy groups -OCH3 is 1. The summed E-state index contributed by atoms with van der Waals surface area (Å²) in [7, 11) is 3.19. The van der Waals surface area contributed by atoms with Crippen molar-refractivity contribution in [3.8, 4) is 11.5 Å². The van der Waals surface area contributed by atoms with Crippen LogP contribution in [0.3, 0.4) is 0 Å². The van der Waals surface area contributed by atoms with Gasteiger partial charge in [0.2, 0.25) is 5.75 Å². The van der Waals surface area contributed by atoms with Crippen LogP contribution in [0.2, 0.25) is 0 Å². The fourth-order valence-electron chi connectivity index (χ4n) is 4.33. The van der Waals surface area contributed by atoms with Crippen LogP contribution in [-0.2, 0) is 16.1 Å². The summed E-state index contributed by atoms with van der Waals surface area (Å²) in [6.07, 6.45) is -1.19. The van der Waals surface area contributed by atoms with Gasteiger partial charge in [0.15, 0.2) is 0 Å². The van der Waals surface area contributed by atoms with Crippen molar-refractivity contribution in [2.75, 3.05) is 33.9 Å². The number of hydrogen-bond donors (Lipinski definition) is 0. The van der Waals surface area contributed by atoms with E-state index in [-0.39, 0.29) is 48.0 Å². The number of likely N-dealkylation sites (N-methyl/N-ethyl adjacent to an activating group) is 1. The number of hydrogen-bond acceptors (Lipinski definition) is 8. The number of para-hydroxylation sites is 1. The van der Waals surface area contributed by atoms with Gasteiger partial charge in [0, 0.05) is 25.6 Å². The molecule has 0 aliphatic carbocycles. The number of fused-ring (bicyclic) bond motifs is 1. The molecule has 11 nitrogen and oxygen atoms in total. The second-order valence-corrected chi connectivity index (χ2v) is 11.1. The molecule has 11 heteroatoms. The molecule has 2 aromatic carbocycles. The summed E-state index contributed by atoms with van der Waals surface area (Å²) < 4.78 is 22.8. The van der Waals surface area contributed by atoms with Crippen molar-refractivity contribution in [1.29, 1.82) is 0 Å². The molecule has 0 fully saturated rings. The molecule has 0 saturated heterocycles. The molecule has 0 unspecified atom stereocenters. The zero-order valence-corrected chi connectivity index (χ0v) is 24.2. The van der Waals surface area contributed by atoms with Gasteiger partial charge in [-0.05, 0) is 51.5 Å². The highest BCUT2D eigenvalue weighted by atomic mass is 16.6. The smallest absolute Gasteiger partial charge is 0.410 e. The van der Waals surface area contributed by atoms with Crippen molar-refractivity contribution in [2.24, 2.45) is 5.92 Å². The van der Waals surface area contributed by atoms with Crippen LogP contribution in [-0.4, -0.2) is 78.3 Å². The third-order valence-electron chi connectivity index (χ3n) is 6.55. The monoisotopic (exact) mass is 557 g/mol. The number of nitrogens with zero attached hydrogens (tertiary/aromatic N) is 3. The molecule has 0 saturated carbocycles. The SMILES string of the molecule is COc1ccc(COC[C@H](C)N2C[C@@H](C)[C@H](CN(C)C(=O)OC(C)(C)C)Oc3c(cccc3[N+](=O)[O-])C2=O)cc1. The van der Waals surface area contributed by atoms with E-state index in [0.29, 0.717) is 13.2 Å². The van der Waals surface area contributed by atoms with Gasteiger partial charge in [-0.1, -0.05) is 25.1 Å². The molecule has 2 amide bonds. The third kappa shape index (κ3) is 7.84. The van der Waals surface area contributed by atoms with Gasteiger partial charge >= 0.3 is 11.8 Å². The summed E-state index contributed by atoms with van der Waals surface area (Å²) in [5.41, 5.74) is 0.0513. The molecule has 1 aliphatic heterocycles. The van der Waals surface area contributed by atoms with Crippen molar-refractivity contribution in [2.45, 2.75) is 59.0 Å². The van der Waals surface area contributed by atoms with Crippen LogP contribution in [0.25, 0.3) is 0 Å². The van der Waals surface area contributed by atoms with E-state index in [1.807, 2.05) is 38.1 Å². The zero-order valence-electron chi connectivity index (χ0n) is 24.2. The lowest BCUT2D eigenvalue weighted by Gasteiger charge is -2.38. The third-order valence-corrected chi connectivity index (χ3v) is 6.55. The van der Waals surface area contributed by atoms with Crippen LogP contribution < -0.4 is 9.47 Å². The van der Waals surface area contributed by atoms with Gasteiger partial charge in [-0.3, -0.25) is 14.9 Å². The minimum atomic E-state index is -0.686. The van der Waals surface area contributed by atoms with Crippen LogP contribution in [0.5, 0.6) is 11.5 Å². The largest absolute Gasteiger partial charge is 0.497 e. The zero-order chi connectivity index (χ0) is 29.6. The maximum absolute atomic E-state index is 13.7. The molecule has 1 aliphatic rings. The summed E-state index contributed by atoms with van der Waals surface area (Å²) in [6, 6.07) is 11.5. The molecule has 0 bridgehead atoms. The predicted octanol–water partition coefficient (Wildman–Crippen LogP) is 4.91. The lowest BCUT2D eigenvalue weighted by Crippen LogP contribution is -2.50. The number of nitro groups is 1. The summed E-state index contributed by atoms with van der Waals surface area (Å²) in [6.45, 7) is 10.1. The summed E-state index contributed by atoms with van der Waals surface area (Å²) in [5.74, 6) is -0.0296. The first kappa shape index (κ1) is 30.7. The molecular formula is C29H39N3O8. The normalized spacial score (nSPS) is 18.1. The first-order chi connectivity index (χ1) is 18.8. The fraction of sp³-hybridized carbons (Fsp3) is 0.517. The van der Waals surface area contributed by atoms with E-state index in [0.717, 1.165) is 11.3 Å². The average molecular weight is 558 g/mol. The Hall–Kier alpha value is -3.86. The molecule has 0 N–H and O–H groups in total. The molecule has 3 rings (SSSR count). The topological polar surface area (TPSA) is 121 Å². The van der Waals surface area contributed by atoms with Crippen LogP contribution in [0.4, 0.5) is 10.5 Å². The lowest BCUT2D eigenvalue weighted by atomic mass is 9.99. The second kappa shape index (κ2) is 13.0. The predicted molar refractivity (Wildman–Crippen MR) is 149 cm³/mol. The van der Waals surface area contributed by atoms with Gasteiger partial charge in [0.1, 0.15) is 17.5 Å². The number of carbonyl (C=O) groups excluding carboxylic acids is 2. The van der Waals surface area contributed by atoms with E-state index < -0.39 is 22.7 Å². The van der Waals surface area contributed by atoms with E-state index >= 15 is 0 Å². The van der Waals surface area contributed by atoms with Crippen LogP contribution in [0.1, 0.15) is 50.5 Å². The van der Waals surface area contributed by atoms with E-state index in [1.165, 1.54) is 23.1 Å². The van der Waals surface area contributed by atoms with Crippen LogP contribution >= 0.6 is 0 Å². The number of rotatable bonds is 9. The van der Waals surface area contributed by atoms with Gasteiger partial charge < -0.3 is 28.7 Å². The Morgan fingerprint density at radius 3 is 2.50 bits per heavy atom. The summed E-state index contributed by atoms with van der Waals surface area (Å²) >= 11 is 0. The standard InChI is InChI=1S/C29H39N3O8/c1-19-15-31(20(2)17-38-18-21-11-13-22(37-7)14-12-21)27(33)23-9-8-10-24(32(35)36)26(23)39-25(19)16-30(6)28(34)40-29(3,4)5/h8-14,19-20,25H,15-18H2,1-7H3/t19-,20+,25+/m1/s1. The van der Waals surface area contributed by atoms with E-state index in [1.54, 1.807) is 39.8 Å². The van der Waals surface area contributed by atoms with Gasteiger partial charge in [0.05, 0.1) is 43.4 Å². The van der Waals surface area contributed by atoms with E-state index in [9.17, 15) is 19.7 Å². The Labute approximate surface area is 235 Å². The molecule has 218 valence electrons. The first-order valence-corrected chi connectivity index (χ1v) is 13.2. The Morgan fingerprint density at radius 2 is 1.90 bits per heavy atom. The summed E-state index contributed by atoms with van der Waals surface area (Å²) in [4.78, 5) is 40.7. The van der Waals surface area contributed by atoms with E-state index in [4.69, 9.17) is 18.9 Å². The highest BCUT2D eigenvalue weighted by Gasteiger charge is 2.37. The molecule has 40 heavy (non-hydrogen) atoms. The van der Waals surface area contributed by atoms with Crippen molar-refractivity contribution in [1.82, 2.24) is 9.80 Å². The molecule has 0 radical (unpaired) electrons. The molecular weight excluding hydrogens is 518 g/mol. The summed E-state index contributed by atoms with van der Waals surface area (Å²) in [5, 5.41) is 11.9. The highest BCUT2D eigenvalue weighted by Crippen LogP contribution is 2.36. The Morgan fingerprint density at radius 1 is 1.23 bits per heavy atom. The van der Waals surface area contributed by atoms with Gasteiger partial charge in [-0.25, -0.2) is 4.79 Å². The maximum atomic E-state index is 13.7. The minimum absolute atomic E-state index is 0.0908. The fourth-order valence-corrected chi connectivity index (χ4v) is 4.33. The van der Waals surface area contributed by atoms with Crippen LogP contribution in [0, 0.1) is 16.0 Å². The Bertz CT molecular complexity index is 1190. The first-order valence-electron chi connectivity index (χ1n) is 13.2. The molecule has 1 heterocycles. The van der Waals surface area contributed by atoms with Crippen molar-refractivity contribution >= 4 is 17.7 Å². The number of carbonyl (C=O) groups is 2. The average Bonchev–Trinajstić information content (AvgIpc) is 2.89. The van der Waals surface area contributed by atoms with Gasteiger partial charge in [-0.15, -0.1) is 0 Å². The van der Waals surface area contributed by atoms with Gasteiger partial charge in [-0.2, -0.15) is 0 Å². The number of amides is 2. The lowest BCUT2D eigenvalue weighted by molar-refractivity contribution is -0.386. The Balaban J connectivity index is 1.84. The molecule has 0 aromatic heterocycles. The van der Waals surface area contributed by atoms with E-state index in [2.05, 4.69) is 0 Å². The highest BCUT2D eigenvalue weighted by molar-refractivity contribution is 5.98. The number of ether oxygens (including phenoxy) is 4. The quantitative estimate of drug-likeness (QED) is 0.315. The Kier molecular flexibility index (Phi) is 9.97. The molecule has 3 atom stereocenters. The van der Waals surface area contributed by atoms with Crippen molar-refractivity contribution < 1.29 is 33.5 Å². The number of nitro benzene ring substituents is 1.